The Hall–Kier alpha value is -2.40. The highest BCUT2D eigenvalue weighted by Crippen LogP contribution is 2.35. The van der Waals surface area contributed by atoms with Crippen molar-refractivity contribution in [2.75, 3.05) is 31.7 Å². The lowest BCUT2D eigenvalue weighted by atomic mass is 10.00. The Kier molecular flexibility index (Phi) is 4.64. The number of hydrogen-bond donors (Lipinski definition) is 1. The number of ether oxygens (including phenoxy) is 2. The molecule has 0 bridgehead atoms. The van der Waals surface area contributed by atoms with Gasteiger partial charge in [-0.25, -0.2) is 0 Å². The molecule has 5 nitrogen and oxygen atoms in total. The normalized spacial score (nSPS) is 21.2. The monoisotopic (exact) mass is 372 g/mol. The van der Waals surface area contributed by atoms with Crippen LogP contribution in [0.1, 0.15) is 17.9 Å². The first kappa shape index (κ1) is 17.0. The minimum absolute atomic E-state index is 0.0276. The van der Waals surface area contributed by atoms with E-state index < -0.39 is 0 Å². The maximum Gasteiger partial charge on any atom is 0.231 e. The molecule has 2 aliphatic rings. The van der Waals surface area contributed by atoms with Crippen LogP contribution in [0.2, 0.25) is 5.02 Å². The van der Waals surface area contributed by atoms with Crippen LogP contribution >= 0.6 is 11.6 Å². The quantitative estimate of drug-likeness (QED) is 0.895. The Morgan fingerprint density at radius 3 is 3.00 bits per heavy atom. The summed E-state index contributed by atoms with van der Waals surface area (Å²) >= 11 is 6.14. The number of methoxy groups -OCH3 is 1. The predicted molar refractivity (Wildman–Crippen MR) is 101 cm³/mol. The number of nitrogens with zero attached hydrogens (tertiary/aromatic N) is 1. The molecule has 1 amide bonds. The van der Waals surface area contributed by atoms with Crippen molar-refractivity contribution in [2.24, 2.45) is 0 Å². The highest BCUT2D eigenvalue weighted by atomic mass is 35.5. The molecule has 2 heterocycles. The molecular formula is C20H21ClN2O3. The summed E-state index contributed by atoms with van der Waals surface area (Å²) in [6, 6.07) is 13.4. The fourth-order valence-electron chi connectivity index (χ4n) is 3.69. The summed E-state index contributed by atoms with van der Waals surface area (Å²) in [5, 5.41) is 3.85. The molecule has 2 aromatic carbocycles. The Morgan fingerprint density at radius 2 is 2.15 bits per heavy atom. The van der Waals surface area contributed by atoms with Crippen LogP contribution in [0.15, 0.2) is 42.5 Å². The number of rotatable bonds is 4. The van der Waals surface area contributed by atoms with E-state index >= 15 is 0 Å². The Labute approximate surface area is 157 Å². The second kappa shape index (κ2) is 7.08. The summed E-state index contributed by atoms with van der Waals surface area (Å²) in [6.07, 6.45) is 0.886. The number of amides is 1. The summed E-state index contributed by atoms with van der Waals surface area (Å²) in [4.78, 5) is 14.9. The van der Waals surface area contributed by atoms with E-state index in [1.165, 1.54) is 0 Å². The molecule has 1 fully saturated rings. The van der Waals surface area contributed by atoms with Gasteiger partial charge in [-0.2, -0.15) is 0 Å². The van der Waals surface area contributed by atoms with Crippen LogP contribution in [-0.2, 0) is 4.79 Å². The zero-order valence-corrected chi connectivity index (χ0v) is 15.3. The van der Waals surface area contributed by atoms with Crippen LogP contribution in [0.3, 0.4) is 0 Å². The molecule has 136 valence electrons. The van der Waals surface area contributed by atoms with E-state index in [-0.39, 0.29) is 17.9 Å². The molecule has 2 atom stereocenters. The number of carbonyl (C=O) groups is 1. The van der Waals surface area contributed by atoms with Crippen LogP contribution in [0, 0.1) is 0 Å². The van der Waals surface area contributed by atoms with Crippen LogP contribution in [-0.4, -0.2) is 38.8 Å². The Morgan fingerprint density at radius 1 is 1.31 bits per heavy atom. The zero-order valence-electron chi connectivity index (χ0n) is 14.6. The summed E-state index contributed by atoms with van der Waals surface area (Å²) in [5.74, 6) is 1.39. The number of halogens is 1. The molecule has 0 spiro atoms. The van der Waals surface area contributed by atoms with Crippen LogP contribution in [0.25, 0.3) is 0 Å². The smallest absolute Gasteiger partial charge is 0.231 e. The second-order valence-electron chi connectivity index (χ2n) is 6.66. The minimum Gasteiger partial charge on any atom is -0.495 e. The summed E-state index contributed by atoms with van der Waals surface area (Å²) < 4.78 is 11.1. The fourth-order valence-corrected chi connectivity index (χ4v) is 3.85. The SMILES string of the molecule is COc1ccc(Cl)cc1N1CCC(NC(=O)C2COc3ccccc32)C1. The lowest BCUT2D eigenvalue weighted by molar-refractivity contribution is -0.123. The molecule has 1 saturated heterocycles. The van der Waals surface area contributed by atoms with E-state index in [1.807, 2.05) is 42.5 Å². The zero-order chi connectivity index (χ0) is 18.1. The first-order valence-corrected chi connectivity index (χ1v) is 9.14. The van der Waals surface area contributed by atoms with Gasteiger partial charge in [0.1, 0.15) is 24.0 Å². The van der Waals surface area contributed by atoms with Gasteiger partial charge in [0, 0.05) is 29.7 Å². The van der Waals surface area contributed by atoms with E-state index in [2.05, 4.69) is 10.2 Å². The average molecular weight is 373 g/mol. The molecule has 4 rings (SSSR count). The summed E-state index contributed by atoms with van der Waals surface area (Å²) in [6.45, 7) is 1.99. The van der Waals surface area contributed by atoms with Gasteiger partial charge in [-0.3, -0.25) is 4.79 Å². The lowest BCUT2D eigenvalue weighted by Gasteiger charge is -2.22. The van der Waals surface area contributed by atoms with Crippen molar-refractivity contribution < 1.29 is 14.3 Å². The van der Waals surface area contributed by atoms with Crippen LogP contribution in [0.5, 0.6) is 11.5 Å². The average Bonchev–Trinajstić information content (AvgIpc) is 3.28. The van der Waals surface area contributed by atoms with Gasteiger partial charge in [0.05, 0.1) is 12.8 Å². The molecule has 0 aliphatic carbocycles. The highest BCUT2D eigenvalue weighted by molar-refractivity contribution is 6.30. The van der Waals surface area contributed by atoms with E-state index in [0.29, 0.717) is 11.6 Å². The highest BCUT2D eigenvalue weighted by Gasteiger charge is 2.33. The van der Waals surface area contributed by atoms with E-state index in [0.717, 1.165) is 42.3 Å². The molecule has 2 unspecified atom stereocenters. The molecule has 2 aliphatic heterocycles. The molecule has 0 saturated carbocycles. The molecular weight excluding hydrogens is 352 g/mol. The van der Waals surface area contributed by atoms with Gasteiger partial charge in [-0.1, -0.05) is 29.8 Å². The first-order chi connectivity index (χ1) is 12.7. The van der Waals surface area contributed by atoms with Crippen molar-refractivity contribution in [1.82, 2.24) is 5.32 Å². The maximum absolute atomic E-state index is 12.7. The Balaban J connectivity index is 1.42. The van der Waals surface area contributed by atoms with Crippen molar-refractivity contribution in [3.8, 4) is 11.5 Å². The number of fused-ring (bicyclic) bond motifs is 1. The van der Waals surface area contributed by atoms with Crippen molar-refractivity contribution in [3.63, 3.8) is 0 Å². The number of para-hydroxylation sites is 1. The van der Waals surface area contributed by atoms with Gasteiger partial charge < -0.3 is 19.7 Å². The summed E-state index contributed by atoms with van der Waals surface area (Å²) in [5.41, 5.74) is 1.93. The molecule has 26 heavy (non-hydrogen) atoms. The van der Waals surface area contributed by atoms with Gasteiger partial charge >= 0.3 is 0 Å². The third-order valence-corrected chi connectivity index (χ3v) is 5.27. The van der Waals surface area contributed by atoms with Crippen LogP contribution in [0.4, 0.5) is 5.69 Å². The largest absolute Gasteiger partial charge is 0.495 e. The lowest BCUT2D eigenvalue weighted by Crippen LogP contribution is -2.40. The van der Waals surface area contributed by atoms with Gasteiger partial charge in [0.2, 0.25) is 5.91 Å². The third-order valence-electron chi connectivity index (χ3n) is 5.03. The van der Waals surface area contributed by atoms with Gasteiger partial charge in [0.25, 0.3) is 0 Å². The number of benzene rings is 2. The van der Waals surface area contributed by atoms with E-state index in [9.17, 15) is 4.79 Å². The van der Waals surface area contributed by atoms with Crippen molar-refractivity contribution in [2.45, 2.75) is 18.4 Å². The predicted octanol–water partition coefficient (Wildman–Crippen LogP) is 3.22. The number of hydrogen-bond acceptors (Lipinski definition) is 4. The fraction of sp³-hybridized carbons (Fsp3) is 0.350. The molecule has 0 aromatic heterocycles. The van der Waals surface area contributed by atoms with Gasteiger partial charge in [-0.05, 0) is 30.7 Å². The third kappa shape index (κ3) is 3.19. The van der Waals surface area contributed by atoms with Gasteiger partial charge in [-0.15, -0.1) is 0 Å². The van der Waals surface area contributed by atoms with Crippen LogP contribution < -0.4 is 19.7 Å². The van der Waals surface area contributed by atoms with Crippen molar-refractivity contribution in [1.29, 1.82) is 0 Å². The van der Waals surface area contributed by atoms with E-state index in [4.69, 9.17) is 21.1 Å². The topological polar surface area (TPSA) is 50.8 Å². The maximum atomic E-state index is 12.7. The number of nitrogens with one attached hydrogen (secondary N) is 1. The molecule has 6 heteroatoms. The number of anilines is 1. The van der Waals surface area contributed by atoms with Gasteiger partial charge in [0.15, 0.2) is 0 Å². The van der Waals surface area contributed by atoms with Crippen molar-refractivity contribution >= 4 is 23.2 Å². The molecule has 0 radical (unpaired) electrons. The first-order valence-electron chi connectivity index (χ1n) is 8.76. The van der Waals surface area contributed by atoms with Crippen molar-refractivity contribution in [3.05, 3.63) is 53.1 Å². The number of carbonyl (C=O) groups excluding carboxylic acids is 1. The second-order valence-corrected chi connectivity index (χ2v) is 7.09. The summed E-state index contributed by atoms with van der Waals surface area (Å²) in [7, 11) is 1.65. The molecule has 1 N–H and O–H groups in total. The molecule has 2 aromatic rings. The standard InChI is InChI=1S/C20H21ClN2O3/c1-25-19-7-6-13(21)10-17(19)23-9-8-14(11-23)22-20(24)16-12-26-18-5-3-2-4-15(16)18/h2-7,10,14,16H,8-9,11-12H2,1H3,(H,22,24). The minimum atomic E-state index is -0.235. The Bertz CT molecular complexity index is 826. The van der Waals surface area contributed by atoms with E-state index in [1.54, 1.807) is 7.11 Å².